The summed E-state index contributed by atoms with van der Waals surface area (Å²) >= 11 is 0. The Hall–Kier alpha value is -0.0800. The Labute approximate surface area is 101 Å². The zero-order chi connectivity index (χ0) is 12.0. The van der Waals surface area contributed by atoms with Gasteiger partial charge in [0.05, 0.1) is 6.61 Å². The molecule has 0 heterocycles. The number of hydrogen-bond donors (Lipinski definition) is 2. The van der Waals surface area contributed by atoms with E-state index in [0.717, 1.165) is 24.8 Å². The van der Waals surface area contributed by atoms with Gasteiger partial charge in [-0.25, -0.2) is 0 Å². The minimum Gasteiger partial charge on any atom is -0.395 e. The standard InChI is InChI=1S/C14H29NO/c1-4-11(2)14(10-16)15-9-13-8-6-5-7-12(13)3/h11-16H,4-10H2,1-3H3. The van der Waals surface area contributed by atoms with Gasteiger partial charge >= 0.3 is 0 Å². The first-order valence-corrected chi connectivity index (χ1v) is 7.03. The molecule has 0 aromatic heterocycles. The molecule has 0 saturated heterocycles. The molecule has 4 atom stereocenters. The van der Waals surface area contributed by atoms with Crippen LogP contribution in [0.5, 0.6) is 0 Å². The van der Waals surface area contributed by atoms with Gasteiger partial charge in [-0.15, -0.1) is 0 Å². The lowest BCUT2D eigenvalue weighted by molar-refractivity contribution is 0.177. The van der Waals surface area contributed by atoms with Crippen LogP contribution in [0.2, 0.25) is 0 Å². The van der Waals surface area contributed by atoms with E-state index in [0.29, 0.717) is 12.0 Å². The van der Waals surface area contributed by atoms with Crippen molar-refractivity contribution in [3.8, 4) is 0 Å². The summed E-state index contributed by atoms with van der Waals surface area (Å²) in [6, 6.07) is 0.291. The Morgan fingerprint density at radius 2 is 2.00 bits per heavy atom. The van der Waals surface area contributed by atoms with Gasteiger partial charge in [-0.3, -0.25) is 0 Å². The average Bonchev–Trinajstić information content (AvgIpc) is 2.31. The van der Waals surface area contributed by atoms with Crippen molar-refractivity contribution in [2.75, 3.05) is 13.2 Å². The maximum Gasteiger partial charge on any atom is 0.0587 e. The summed E-state index contributed by atoms with van der Waals surface area (Å²) in [7, 11) is 0. The van der Waals surface area contributed by atoms with Crippen molar-refractivity contribution >= 4 is 0 Å². The van der Waals surface area contributed by atoms with Crippen LogP contribution >= 0.6 is 0 Å². The Morgan fingerprint density at radius 1 is 1.31 bits per heavy atom. The van der Waals surface area contributed by atoms with Crippen molar-refractivity contribution in [3.63, 3.8) is 0 Å². The molecule has 0 aliphatic heterocycles. The van der Waals surface area contributed by atoms with Gasteiger partial charge in [-0.1, -0.05) is 46.5 Å². The van der Waals surface area contributed by atoms with E-state index in [1.54, 1.807) is 0 Å². The second-order valence-corrected chi connectivity index (χ2v) is 5.60. The minimum absolute atomic E-state index is 0.274. The Balaban J connectivity index is 2.30. The normalized spacial score (nSPS) is 30.0. The van der Waals surface area contributed by atoms with Crippen LogP contribution in [0.25, 0.3) is 0 Å². The summed E-state index contributed by atoms with van der Waals surface area (Å²) in [4.78, 5) is 0. The van der Waals surface area contributed by atoms with E-state index in [2.05, 4.69) is 26.1 Å². The molecule has 4 unspecified atom stereocenters. The zero-order valence-electron chi connectivity index (χ0n) is 11.2. The smallest absolute Gasteiger partial charge is 0.0587 e. The second kappa shape index (κ2) is 7.29. The molecule has 0 amide bonds. The molecule has 0 bridgehead atoms. The fourth-order valence-corrected chi connectivity index (χ4v) is 2.73. The molecule has 1 fully saturated rings. The number of aliphatic hydroxyl groups is 1. The monoisotopic (exact) mass is 227 g/mol. The van der Waals surface area contributed by atoms with Crippen molar-refractivity contribution in [2.45, 2.75) is 58.9 Å². The number of hydrogen-bond acceptors (Lipinski definition) is 2. The third-order valence-electron chi connectivity index (χ3n) is 4.46. The highest BCUT2D eigenvalue weighted by Crippen LogP contribution is 2.29. The topological polar surface area (TPSA) is 32.3 Å². The largest absolute Gasteiger partial charge is 0.395 e. The van der Waals surface area contributed by atoms with Crippen LogP contribution in [-0.4, -0.2) is 24.3 Å². The lowest BCUT2D eigenvalue weighted by atomic mass is 9.80. The highest BCUT2D eigenvalue weighted by atomic mass is 16.3. The highest BCUT2D eigenvalue weighted by molar-refractivity contribution is 4.78. The molecule has 2 heteroatoms. The quantitative estimate of drug-likeness (QED) is 0.731. The maximum atomic E-state index is 9.36. The van der Waals surface area contributed by atoms with Crippen molar-refractivity contribution in [1.29, 1.82) is 0 Å². The summed E-state index contributed by atoms with van der Waals surface area (Å²) in [5.41, 5.74) is 0. The van der Waals surface area contributed by atoms with Gasteiger partial charge in [0.25, 0.3) is 0 Å². The van der Waals surface area contributed by atoms with Gasteiger partial charge < -0.3 is 10.4 Å². The molecule has 0 aromatic rings. The second-order valence-electron chi connectivity index (χ2n) is 5.60. The number of nitrogens with one attached hydrogen (secondary N) is 1. The van der Waals surface area contributed by atoms with Gasteiger partial charge in [0.2, 0.25) is 0 Å². The Kier molecular flexibility index (Phi) is 6.37. The highest BCUT2D eigenvalue weighted by Gasteiger charge is 2.23. The Bertz CT molecular complexity index is 178. The fourth-order valence-electron chi connectivity index (χ4n) is 2.73. The van der Waals surface area contributed by atoms with Crippen LogP contribution in [0.15, 0.2) is 0 Å². The van der Waals surface area contributed by atoms with E-state index in [1.807, 2.05) is 0 Å². The first-order chi connectivity index (χ1) is 7.69. The molecule has 1 aliphatic carbocycles. The van der Waals surface area contributed by atoms with Crippen LogP contribution in [0.4, 0.5) is 0 Å². The van der Waals surface area contributed by atoms with Crippen LogP contribution in [0, 0.1) is 17.8 Å². The van der Waals surface area contributed by atoms with E-state index in [4.69, 9.17) is 0 Å². The van der Waals surface area contributed by atoms with E-state index in [1.165, 1.54) is 25.7 Å². The fraction of sp³-hybridized carbons (Fsp3) is 1.00. The molecular formula is C14H29NO. The summed E-state index contributed by atoms with van der Waals surface area (Å²) in [5.74, 6) is 2.26. The van der Waals surface area contributed by atoms with Crippen molar-refractivity contribution in [3.05, 3.63) is 0 Å². The SMILES string of the molecule is CCC(C)C(CO)NCC1CCCCC1C. The summed E-state index contributed by atoms with van der Waals surface area (Å²) in [6.45, 7) is 8.16. The van der Waals surface area contributed by atoms with Gasteiger partial charge in [-0.2, -0.15) is 0 Å². The molecule has 0 aromatic carbocycles. The molecule has 1 saturated carbocycles. The minimum atomic E-state index is 0.274. The summed E-state index contributed by atoms with van der Waals surface area (Å²) < 4.78 is 0. The first-order valence-electron chi connectivity index (χ1n) is 7.03. The maximum absolute atomic E-state index is 9.36. The van der Waals surface area contributed by atoms with E-state index >= 15 is 0 Å². The van der Waals surface area contributed by atoms with Gasteiger partial charge in [0, 0.05) is 6.04 Å². The van der Waals surface area contributed by atoms with Gasteiger partial charge in [0.15, 0.2) is 0 Å². The molecule has 2 N–H and O–H groups in total. The van der Waals surface area contributed by atoms with Crippen molar-refractivity contribution in [2.24, 2.45) is 17.8 Å². The molecule has 0 spiro atoms. The van der Waals surface area contributed by atoms with E-state index in [9.17, 15) is 5.11 Å². The lowest BCUT2D eigenvalue weighted by Crippen LogP contribution is -2.42. The molecule has 16 heavy (non-hydrogen) atoms. The van der Waals surface area contributed by atoms with Crippen LogP contribution < -0.4 is 5.32 Å². The van der Waals surface area contributed by atoms with Gasteiger partial charge in [-0.05, 0) is 30.7 Å². The predicted octanol–water partition coefficient (Wildman–Crippen LogP) is 2.81. The molecular weight excluding hydrogens is 198 g/mol. The van der Waals surface area contributed by atoms with Crippen LogP contribution in [0.3, 0.4) is 0 Å². The van der Waals surface area contributed by atoms with E-state index < -0.39 is 0 Å². The molecule has 96 valence electrons. The molecule has 1 rings (SSSR count). The molecule has 0 radical (unpaired) electrons. The predicted molar refractivity (Wildman–Crippen MR) is 69.5 cm³/mol. The third kappa shape index (κ3) is 4.06. The summed E-state index contributed by atoms with van der Waals surface area (Å²) in [6.07, 6.45) is 6.70. The first kappa shape index (κ1) is 14.0. The molecule has 2 nitrogen and oxygen atoms in total. The van der Waals surface area contributed by atoms with Crippen LogP contribution in [-0.2, 0) is 0 Å². The average molecular weight is 227 g/mol. The van der Waals surface area contributed by atoms with Crippen LogP contribution in [0.1, 0.15) is 52.9 Å². The molecule has 1 aliphatic rings. The number of rotatable bonds is 6. The zero-order valence-corrected chi connectivity index (χ0v) is 11.2. The Morgan fingerprint density at radius 3 is 2.56 bits per heavy atom. The third-order valence-corrected chi connectivity index (χ3v) is 4.46. The van der Waals surface area contributed by atoms with E-state index in [-0.39, 0.29) is 6.61 Å². The lowest BCUT2D eigenvalue weighted by Gasteiger charge is -2.31. The van der Waals surface area contributed by atoms with Crippen molar-refractivity contribution in [1.82, 2.24) is 5.32 Å². The summed E-state index contributed by atoms with van der Waals surface area (Å²) in [5, 5.41) is 12.9. The van der Waals surface area contributed by atoms with Crippen molar-refractivity contribution < 1.29 is 5.11 Å². The number of aliphatic hydroxyl groups excluding tert-OH is 1. The van der Waals surface area contributed by atoms with Gasteiger partial charge in [0.1, 0.15) is 0 Å².